The SMILES string of the molecule is O=c1[nH]c(=O)n([C@@H]2CC(O)[C@H](CO)O2)cc1CCCO. The van der Waals surface area contributed by atoms with Gasteiger partial charge in [0.05, 0.1) is 12.7 Å². The standard InChI is InChI=1S/C12H18N2O6/c15-3-1-2-7-5-14(12(19)13-11(7)18)10-4-8(17)9(6-16)20-10/h5,8-10,15-17H,1-4,6H2,(H,13,18,19)/t8?,9-,10-/m0/s1. The zero-order chi connectivity index (χ0) is 14.7. The van der Waals surface area contributed by atoms with Crippen molar-refractivity contribution in [3.63, 3.8) is 0 Å². The van der Waals surface area contributed by atoms with Gasteiger partial charge in [-0.05, 0) is 12.8 Å². The number of aromatic nitrogens is 2. The van der Waals surface area contributed by atoms with Crippen LogP contribution < -0.4 is 11.2 Å². The van der Waals surface area contributed by atoms with E-state index >= 15 is 0 Å². The number of aromatic amines is 1. The van der Waals surface area contributed by atoms with Gasteiger partial charge in [0.25, 0.3) is 5.56 Å². The van der Waals surface area contributed by atoms with Crippen LogP contribution in [0.15, 0.2) is 15.8 Å². The zero-order valence-corrected chi connectivity index (χ0v) is 10.9. The number of aliphatic hydroxyl groups is 3. The van der Waals surface area contributed by atoms with Gasteiger partial charge < -0.3 is 20.1 Å². The fourth-order valence-electron chi connectivity index (χ4n) is 2.24. The van der Waals surface area contributed by atoms with Crippen molar-refractivity contribution in [3.05, 3.63) is 32.6 Å². The van der Waals surface area contributed by atoms with E-state index in [1.54, 1.807) is 0 Å². The predicted octanol–water partition coefficient (Wildman–Crippen LogP) is -1.90. The Morgan fingerprint density at radius 2 is 2.15 bits per heavy atom. The van der Waals surface area contributed by atoms with Crippen LogP contribution in [0.1, 0.15) is 24.6 Å². The molecule has 2 heterocycles. The molecule has 1 aromatic heterocycles. The first-order valence-electron chi connectivity index (χ1n) is 6.46. The van der Waals surface area contributed by atoms with Crippen LogP contribution >= 0.6 is 0 Å². The van der Waals surface area contributed by atoms with E-state index in [1.807, 2.05) is 0 Å². The van der Waals surface area contributed by atoms with Crippen LogP contribution in [0.25, 0.3) is 0 Å². The second kappa shape index (κ2) is 6.31. The smallest absolute Gasteiger partial charge is 0.330 e. The molecule has 0 saturated carbocycles. The summed E-state index contributed by atoms with van der Waals surface area (Å²) in [6, 6.07) is 0. The third kappa shape index (κ3) is 2.98. The molecule has 4 N–H and O–H groups in total. The van der Waals surface area contributed by atoms with Gasteiger partial charge in [-0.2, -0.15) is 0 Å². The van der Waals surface area contributed by atoms with E-state index in [0.29, 0.717) is 18.4 Å². The van der Waals surface area contributed by atoms with E-state index in [0.717, 1.165) is 0 Å². The minimum absolute atomic E-state index is 0.0518. The first kappa shape index (κ1) is 14.9. The molecule has 20 heavy (non-hydrogen) atoms. The summed E-state index contributed by atoms with van der Waals surface area (Å²) in [6.45, 7) is -0.392. The van der Waals surface area contributed by atoms with Gasteiger partial charge in [-0.1, -0.05) is 0 Å². The van der Waals surface area contributed by atoms with E-state index in [-0.39, 0.29) is 19.6 Å². The van der Waals surface area contributed by atoms with E-state index in [2.05, 4.69) is 4.98 Å². The van der Waals surface area contributed by atoms with Gasteiger partial charge in [-0.15, -0.1) is 0 Å². The highest BCUT2D eigenvalue weighted by Crippen LogP contribution is 2.27. The lowest BCUT2D eigenvalue weighted by Gasteiger charge is -2.15. The first-order chi connectivity index (χ1) is 9.56. The maximum Gasteiger partial charge on any atom is 0.330 e. The van der Waals surface area contributed by atoms with Crippen molar-refractivity contribution in [2.75, 3.05) is 13.2 Å². The maximum absolute atomic E-state index is 11.8. The van der Waals surface area contributed by atoms with Gasteiger partial charge in [0.15, 0.2) is 0 Å². The van der Waals surface area contributed by atoms with Crippen LogP contribution in [0, 0.1) is 0 Å². The summed E-state index contributed by atoms with van der Waals surface area (Å²) >= 11 is 0. The minimum Gasteiger partial charge on any atom is -0.396 e. The van der Waals surface area contributed by atoms with Gasteiger partial charge in [0, 0.05) is 24.8 Å². The van der Waals surface area contributed by atoms with Crippen LogP contribution in [-0.2, 0) is 11.2 Å². The molecule has 0 aromatic carbocycles. The van der Waals surface area contributed by atoms with Crippen molar-refractivity contribution in [1.82, 2.24) is 9.55 Å². The fraction of sp³-hybridized carbons (Fsp3) is 0.667. The Labute approximate surface area is 114 Å². The van der Waals surface area contributed by atoms with Crippen molar-refractivity contribution in [2.45, 2.75) is 37.7 Å². The second-order valence-electron chi connectivity index (χ2n) is 4.76. The number of rotatable bonds is 5. The molecular formula is C12H18N2O6. The highest BCUT2D eigenvalue weighted by atomic mass is 16.5. The average Bonchev–Trinajstić information content (AvgIpc) is 2.79. The monoisotopic (exact) mass is 286 g/mol. The van der Waals surface area contributed by atoms with Crippen LogP contribution in [0.4, 0.5) is 0 Å². The van der Waals surface area contributed by atoms with Gasteiger partial charge in [-0.3, -0.25) is 14.3 Å². The molecule has 1 fully saturated rings. The number of aliphatic hydroxyl groups excluding tert-OH is 3. The number of hydrogen-bond donors (Lipinski definition) is 4. The number of nitrogens with zero attached hydrogens (tertiary/aromatic N) is 1. The first-order valence-corrected chi connectivity index (χ1v) is 6.46. The molecule has 2 rings (SSSR count). The number of nitrogens with one attached hydrogen (secondary N) is 1. The summed E-state index contributed by atoms with van der Waals surface area (Å²) in [5.74, 6) is 0. The molecule has 8 heteroatoms. The molecule has 0 radical (unpaired) electrons. The molecule has 1 aromatic rings. The van der Waals surface area contributed by atoms with Gasteiger partial charge in [-0.25, -0.2) is 4.79 Å². The quantitative estimate of drug-likeness (QED) is 0.501. The Balaban J connectivity index is 2.28. The van der Waals surface area contributed by atoms with E-state index in [4.69, 9.17) is 14.9 Å². The molecule has 1 aliphatic heterocycles. The van der Waals surface area contributed by atoms with Crippen molar-refractivity contribution in [3.8, 4) is 0 Å². The molecule has 112 valence electrons. The summed E-state index contributed by atoms with van der Waals surface area (Å²) in [7, 11) is 0. The number of H-pyrrole nitrogens is 1. The highest BCUT2D eigenvalue weighted by Gasteiger charge is 2.35. The molecule has 1 saturated heterocycles. The number of aryl methyl sites for hydroxylation is 1. The summed E-state index contributed by atoms with van der Waals surface area (Å²) < 4.78 is 6.58. The molecule has 3 atom stereocenters. The molecule has 8 nitrogen and oxygen atoms in total. The number of ether oxygens (including phenoxy) is 1. The normalized spacial score (nSPS) is 26.1. The molecule has 0 bridgehead atoms. The zero-order valence-electron chi connectivity index (χ0n) is 10.9. The highest BCUT2D eigenvalue weighted by molar-refractivity contribution is 5.05. The molecule has 1 aliphatic rings. The molecule has 0 spiro atoms. The van der Waals surface area contributed by atoms with Crippen molar-refractivity contribution >= 4 is 0 Å². The summed E-state index contributed by atoms with van der Waals surface area (Å²) in [5.41, 5.74) is -0.750. The summed E-state index contributed by atoms with van der Waals surface area (Å²) in [4.78, 5) is 25.6. The lowest BCUT2D eigenvalue weighted by atomic mass is 10.2. The topological polar surface area (TPSA) is 125 Å². The minimum atomic E-state index is -0.857. The van der Waals surface area contributed by atoms with Crippen LogP contribution in [0.3, 0.4) is 0 Å². The van der Waals surface area contributed by atoms with E-state index in [1.165, 1.54) is 10.8 Å². The molecular weight excluding hydrogens is 268 g/mol. The summed E-state index contributed by atoms with van der Waals surface area (Å²) in [6.07, 6.45) is -0.0202. The van der Waals surface area contributed by atoms with Crippen LogP contribution in [-0.4, -0.2) is 50.3 Å². The van der Waals surface area contributed by atoms with Crippen molar-refractivity contribution in [1.29, 1.82) is 0 Å². The van der Waals surface area contributed by atoms with E-state index in [9.17, 15) is 14.7 Å². The van der Waals surface area contributed by atoms with Gasteiger partial charge in [0.1, 0.15) is 12.3 Å². The maximum atomic E-state index is 11.8. The average molecular weight is 286 g/mol. The third-order valence-corrected chi connectivity index (χ3v) is 3.34. The Morgan fingerprint density at radius 3 is 2.75 bits per heavy atom. The predicted molar refractivity (Wildman–Crippen MR) is 68.3 cm³/mol. The Bertz CT molecular complexity index is 566. The lowest BCUT2D eigenvalue weighted by molar-refractivity contribution is -0.0460. The van der Waals surface area contributed by atoms with Gasteiger partial charge >= 0.3 is 5.69 Å². The third-order valence-electron chi connectivity index (χ3n) is 3.34. The Hall–Kier alpha value is -1.48. The Morgan fingerprint density at radius 1 is 1.40 bits per heavy atom. The van der Waals surface area contributed by atoms with Crippen LogP contribution in [0.2, 0.25) is 0 Å². The van der Waals surface area contributed by atoms with Crippen molar-refractivity contribution in [2.24, 2.45) is 0 Å². The van der Waals surface area contributed by atoms with Gasteiger partial charge in [0.2, 0.25) is 0 Å². The molecule has 1 unspecified atom stereocenters. The van der Waals surface area contributed by atoms with Crippen LogP contribution in [0.5, 0.6) is 0 Å². The van der Waals surface area contributed by atoms with E-state index < -0.39 is 29.7 Å². The fourth-order valence-corrected chi connectivity index (χ4v) is 2.24. The number of hydrogen-bond acceptors (Lipinski definition) is 6. The lowest BCUT2D eigenvalue weighted by Crippen LogP contribution is -2.34. The molecule has 0 amide bonds. The summed E-state index contributed by atoms with van der Waals surface area (Å²) in [5, 5.41) is 27.5. The van der Waals surface area contributed by atoms with Crippen molar-refractivity contribution < 1.29 is 20.1 Å². The largest absolute Gasteiger partial charge is 0.396 e. The molecule has 0 aliphatic carbocycles. The Kier molecular flexibility index (Phi) is 4.71. The second-order valence-corrected chi connectivity index (χ2v) is 4.76.